The van der Waals surface area contributed by atoms with Gasteiger partial charge in [0.15, 0.2) is 0 Å². The van der Waals surface area contributed by atoms with E-state index in [2.05, 4.69) is 5.32 Å². The van der Waals surface area contributed by atoms with Gasteiger partial charge in [-0.15, -0.1) is 11.3 Å². The molecule has 1 aromatic carbocycles. The van der Waals surface area contributed by atoms with Crippen LogP contribution in [-0.4, -0.2) is 29.6 Å². The molecule has 1 saturated carbocycles. The summed E-state index contributed by atoms with van der Waals surface area (Å²) in [5.74, 6) is -3.38. The lowest BCUT2D eigenvalue weighted by Gasteiger charge is -2.41. The number of nitrogens with one attached hydrogen (secondary N) is 1. The second kappa shape index (κ2) is 9.06. The van der Waals surface area contributed by atoms with Crippen LogP contribution in [0.25, 0.3) is 0 Å². The van der Waals surface area contributed by atoms with Gasteiger partial charge in [-0.3, -0.25) is 9.59 Å². The second-order valence-corrected chi connectivity index (χ2v) is 9.14. The molecule has 1 heterocycles. The molecule has 0 unspecified atom stereocenters. The first-order chi connectivity index (χ1) is 15.0. The van der Waals surface area contributed by atoms with Crippen molar-refractivity contribution in [3.63, 3.8) is 0 Å². The third-order valence-corrected chi connectivity index (χ3v) is 7.12. The quantitative estimate of drug-likeness (QED) is 0.494. The third kappa shape index (κ3) is 4.42. The highest BCUT2D eigenvalue weighted by Crippen LogP contribution is 2.45. The van der Waals surface area contributed by atoms with Gasteiger partial charge < -0.3 is 15.2 Å². The number of carbonyl (C=O) groups is 3. The van der Waals surface area contributed by atoms with Crippen LogP contribution in [0.3, 0.4) is 0 Å². The topological polar surface area (TPSA) is 92.7 Å². The van der Waals surface area contributed by atoms with Crippen molar-refractivity contribution in [2.24, 2.45) is 23.7 Å². The summed E-state index contributed by atoms with van der Waals surface area (Å²) in [6.07, 6.45) is 6.12. The van der Waals surface area contributed by atoms with Crippen LogP contribution in [0, 0.1) is 23.7 Å². The van der Waals surface area contributed by atoms with Crippen molar-refractivity contribution in [3.05, 3.63) is 64.6 Å². The Morgan fingerprint density at radius 1 is 1.10 bits per heavy atom. The largest absolute Gasteiger partial charge is 0.481 e. The SMILES string of the molecule is CCOC(=O)c1cc(Cc2ccccc2)sc1NC(=O)[C@H]1[C@@H](C(=O)O)[C@H]2C=C[C@@H]1CC2. The number of aliphatic carboxylic acids is 1. The maximum atomic E-state index is 13.2. The van der Waals surface area contributed by atoms with Crippen LogP contribution >= 0.6 is 11.3 Å². The Bertz CT molecular complexity index is 1010. The molecule has 162 valence electrons. The van der Waals surface area contributed by atoms with Crippen molar-refractivity contribution in [2.75, 3.05) is 11.9 Å². The summed E-state index contributed by atoms with van der Waals surface area (Å²) in [5, 5.41) is 13.0. The average molecular weight is 440 g/mol. The van der Waals surface area contributed by atoms with Crippen molar-refractivity contribution in [1.29, 1.82) is 0 Å². The zero-order chi connectivity index (χ0) is 22.0. The highest BCUT2D eigenvalue weighted by molar-refractivity contribution is 7.16. The van der Waals surface area contributed by atoms with E-state index < -0.39 is 23.8 Å². The molecule has 0 saturated heterocycles. The Kier molecular flexibility index (Phi) is 6.23. The number of thiophene rings is 1. The fourth-order valence-electron chi connectivity index (χ4n) is 4.66. The number of esters is 1. The van der Waals surface area contributed by atoms with Crippen LogP contribution in [-0.2, 0) is 20.7 Å². The Morgan fingerprint density at radius 3 is 2.39 bits per heavy atom. The molecule has 1 amide bonds. The standard InChI is InChI=1S/C24H25NO5S/c1-2-30-24(29)18-13-17(12-14-6-4-3-5-7-14)31-22(18)25-21(26)19-15-8-10-16(11-9-15)20(19)23(27)28/h3-8,10,13,15-16,19-20H,2,9,11-12H2,1H3,(H,25,26)(H,27,28)/t15-,16+,19-,20+/m1/s1. The van der Waals surface area contributed by atoms with Crippen LogP contribution < -0.4 is 5.32 Å². The van der Waals surface area contributed by atoms with E-state index >= 15 is 0 Å². The molecular formula is C24H25NO5S. The number of carboxylic acid groups (broad SMARTS) is 1. The Labute approximate surface area is 184 Å². The van der Waals surface area contributed by atoms with Gasteiger partial charge in [0.2, 0.25) is 5.91 Å². The second-order valence-electron chi connectivity index (χ2n) is 8.01. The monoisotopic (exact) mass is 439 g/mol. The maximum Gasteiger partial charge on any atom is 0.341 e. The highest BCUT2D eigenvalue weighted by atomic mass is 32.1. The molecule has 2 N–H and O–H groups in total. The van der Waals surface area contributed by atoms with Crippen LogP contribution in [0.1, 0.15) is 40.6 Å². The van der Waals surface area contributed by atoms with E-state index in [1.807, 2.05) is 42.5 Å². The van der Waals surface area contributed by atoms with Gasteiger partial charge in [-0.05, 0) is 43.2 Å². The van der Waals surface area contributed by atoms with Gasteiger partial charge in [0.1, 0.15) is 5.00 Å². The zero-order valence-electron chi connectivity index (χ0n) is 17.2. The lowest BCUT2D eigenvalue weighted by atomic mass is 9.62. The van der Waals surface area contributed by atoms with Gasteiger partial charge in [-0.2, -0.15) is 0 Å². The van der Waals surface area contributed by atoms with E-state index in [4.69, 9.17) is 4.74 Å². The molecule has 0 aliphatic heterocycles. The Morgan fingerprint density at radius 2 is 1.77 bits per heavy atom. The minimum absolute atomic E-state index is 0.0964. The average Bonchev–Trinajstić information content (AvgIpc) is 3.16. The molecule has 2 aromatic rings. The molecule has 3 aliphatic carbocycles. The first-order valence-corrected chi connectivity index (χ1v) is 11.3. The number of fused-ring (bicyclic) bond motifs is 2. The third-order valence-electron chi connectivity index (χ3n) is 6.07. The lowest BCUT2D eigenvalue weighted by molar-refractivity contribution is -0.151. The summed E-state index contributed by atoms with van der Waals surface area (Å²) < 4.78 is 5.18. The van der Waals surface area contributed by atoms with E-state index in [1.165, 1.54) is 11.3 Å². The molecule has 6 nitrogen and oxygen atoms in total. The summed E-state index contributed by atoms with van der Waals surface area (Å²) in [6.45, 7) is 1.96. The fourth-order valence-corrected chi connectivity index (χ4v) is 5.74. The fraction of sp³-hybridized carbons (Fsp3) is 0.375. The Balaban J connectivity index is 1.60. The van der Waals surface area contributed by atoms with Crippen molar-refractivity contribution in [2.45, 2.75) is 26.2 Å². The number of ether oxygens (including phenoxy) is 1. The van der Waals surface area contributed by atoms with Crippen molar-refractivity contribution < 1.29 is 24.2 Å². The number of hydrogen-bond acceptors (Lipinski definition) is 5. The number of benzene rings is 1. The number of amides is 1. The van der Waals surface area contributed by atoms with Crippen molar-refractivity contribution in [1.82, 2.24) is 0 Å². The molecule has 2 bridgehead atoms. The predicted octanol–water partition coefficient (Wildman–Crippen LogP) is 4.37. The minimum Gasteiger partial charge on any atom is -0.481 e. The summed E-state index contributed by atoms with van der Waals surface area (Å²) in [5.41, 5.74) is 1.41. The molecule has 3 aliphatic rings. The molecule has 1 fully saturated rings. The molecule has 1 aromatic heterocycles. The van der Waals surface area contributed by atoms with E-state index in [-0.39, 0.29) is 24.3 Å². The van der Waals surface area contributed by atoms with Gasteiger partial charge in [0, 0.05) is 11.3 Å². The smallest absolute Gasteiger partial charge is 0.341 e. The Hall–Kier alpha value is -2.93. The normalized spacial score (nSPS) is 24.0. The molecule has 4 atom stereocenters. The summed E-state index contributed by atoms with van der Waals surface area (Å²) in [6, 6.07) is 11.6. The maximum absolute atomic E-state index is 13.2. The molecule has 7 heteroatoms. The lowest BCUT2D eigenvalue weighted by Crippen LogP contribution is -2.47. The van der Waals surface area contributed by atoms with E-state index in [0.29, 0.717) is 17.0 Å². The molecule has 5 rings (SSSR count). The molecule has 0 radical (unpaired) electrons. The summed E-state index contributed by atoms with van der Waals surface area (Å²) >= 11 is 1.33. The van der Waals surface area contributed by atoms with Crippen LogP contribution in [0.4, 0.5) is 5.00 Å². The number of hydrogen-bond donors (Lipinski definition) is 2. The number of carbonyl (C=O) groups excluding carboxylic acids is 2. The number of carboxylic acids is 1. The van der Waals surface area contributed by atoms with E-state index in [9.17, 15) is 19.5 Å². The summed E-state index contributed by atoms with van der Waals surface area (Å²) in [7, 11) is 0. The van der Waals surface area contributed by atoms with Gasteiger partial charge in [0.25, 0.3) is 0 Å². The van der Waals surface area contributed by atoms with Crippen molar-refractivity contribution in [3.8, 4) is 0 Å². The van der Waals surface area contributed by atoms with Gasteiger partial charge in [-0.1, -0.05) is 42.5 Å². The molecular weight excluding hydrogens is 414 g/mol. The van der Waals surface area contributed by atoms with Gasteiger partial charge in [0.05, 0.1) is 24.0 Å². The van der Waals surface area contributed by atoms with Gasteiger partial charge in [-0.25, -0.2) is 4.79 Å². The first-order valence-electron chi connectivity index (χ1n) is 10.5. The minimum atomic E-state index is -0.944. The van der Waals surface area contributed by atoms with E-state index in [0.717, 1.165) is 23.3 Å². The number of rotatable bonds is 7. The van der Waals surface area contributed by atoms with E-state index in [1.54, 1.807) is 13.0 Å². The first kappa shape index (κ1) is 21.3. The summed E-state index contributed by atoms with van der Waals surface area (Å²) in [4.78, 5) is 38.6. The molecule has 31 heavy (non-hydrogen) atoms. The van der Waals surface area contributed by atoms with Crippen LogP contribution in [0.15, 0.2) is 48.6 Å². The van der Waals surface area contributed by atoms with Gasteiger partial charge >= 0.3 is 11.9 Å². The van der Waals surface area contributed by atoms with Crippen molar-refractivity contribution >= 4 is 34.2 Å². The number of allylic oxidation sites excluding steroid dienone is 2. The zero-order valence-corrected chi connectivity index (χ0v) is 18.1. The van der Waals surface area contributed by atoms with Crippen LogP contribution in [0.5, 0.6) is 0 Å². The molecule has 0 spiro atoms. The number of anilines is 1. The highest BCUT2D eigenvalue weighted by Gasteiger charge is 2.48. The predicted molar refractivity (Wildman–Crippen MR) is 118 cm³/mol. The van der Waals surface area contributed by atoms with Crippen LogP contribution in [0.2, 0.25) is 0 Å².